The lowest BCUT2D eigenvalue weighted by Crippen LogP contribution is -2.62. The second-order valence-corrected chi connectivity index (χ2v) is 17.9. The summed E-state index contributed by atoms with van der Waals surface area (Å²) in [7, 11) is 0. The van der Waals surface area contributed by atoms with Crippen LogP contribution >= 0.6 is 0 Å². The van der Waals surface area contributed by atoms with E-state index in [1.54, 1.807) is 0 Å². The van der Waals surface area contributed by atoms with E-state index >= 15 is 0 Å². The molecule has 304 valence electrons. The minimum absolute atomic E-state index is 0.0444. The summed E-state index contributed by atoms with van der Waals surface area (Å²) in [5, 5.41) is 28.6. The van der Waals surface area contributed by atoms with Crippen molar-refractivity contribution in [1.82, 2.24) is 10.6 Å². The summed E-state index contributed by atoms with van der Waals surface area (Å²) in [4.78, 5) is 25.1. The number of hydrogen-bond acceptors (Lipinski definition) is 4. The van der Waals surface area contributed by atoms with Gasteiger partial charge in [0.15, 0.2) is 0 Å². The van der Waals surface area contributed by atoms with Gasteiger partial charge >= 0.3 is 0 Å². The molecule has 0 aromatic carbocycles. The maximum Gasteiger partial charge on any atom is 0.220 e. The largest absolute Gasteiger partial charge is 0.393 e. The summed E-state index contributed by atoms with van der Waals surface area (Å²) in [6.45, 7) is 12.7. The normalized spacial score (nSPS) is 34.5. The van der Waals surface area contributed by atoms with E-state index in [2.05, 4.69) is 106 Å². The first-order valence-corrected chi connectivity index (χ1v) is 22.2. The van der Waals surface area contributed by atoms with Gasteiger partial charge in [-0.25, -0.2) is 0 Å². The number of hydrogen-bond donors (Lipinski definition) is 4. The number of allylic oxidation sites excluding steroid dienone is 10. The first-order valence-electron chi connectivity index (χ1n) is 22.2. The maximum absolute atomic E-state index is 12.8. The Hall–Kier alpha value is -2.44. The van der Waals surface area contributed by atoms with E-state index in [1.807, 2.05) is 0 Å². The van der Waals surface area contributed by atoms with Crippen LogP contribution in [0.4, 0.5) is 0 Å². The molecule has 4 saturated carbocycles. The topological polar surface area (TPSA) is 98.7 Å². The van der Waals surface area contributed by atoms with Crippen molar-refractivity contribution in [3.8, 4) is 0 Å². The third kappa shape index (κ3) is 11.8. The number of unbranched alkanes of at least 4 members (excludes halogenated alkanes) is 1. The van der Waals surface area contributed by atoms with Gasteiger partial charge in [-0.05, 0) is 149 Å². The third-order valence-corrected chi connectivity index (χ3v) is 14.7. The van der Waals surface area contributed by atoms with Crippen LogP contribution in [0.2, 0.25) is 0 Å². The fraction of sp³-hybridized carbons (Fsp3) is 0.750. The molecule has 4 fully saturated rings. The van der Waals surface area contributed by atoms with Gasteiger partial charge in [0.2, 0.25) is 11.8 Å². The Balaban J connectivity index is 1.07. The van der Waals surface area contributed by atoms with Crippen molar-refractivity contribution < 1.29 is 19.8 Å². The lowest BCUT2D eigenvalue weighted by molar-refractivity contribution is -0.203. The van der Waals surface area contributed by atoms with Crippen LogP contribution in [0.5, 0.6) is 0 Å². The van der Waals surface area contributed by atoms with Crippen molar-refractivity contribution in [3.05, 3.63) is 60.8 Å². The average molecular weight is 747 g/mol. The Labute approximate surface area is 329 Å². The SMILES string of the molecule is CCC=CCC=CCC=CCC=CCC=CCCCC(=O)NCCNC(=O)CC[C@@H](C)C1CC[C@H]2[C@@H]3[C@H](O)[C@H](CC)[C@@H]4C[C@H](O)CC[C@]4(C)[C@H]3CC[C@]12C. The summed E-state index contributed by atoms with van der Waals surface area (Å²) in [5.41, 5.74) is 0.440. The van der Waals surface area contributed by atoms with Gasteiger partial charge in [-0.2, -0.15) is 0 Å². The van der Waals surface area contributed by atoms with E-state index in [9.17, 15) is 19.8 Å². The lowest BCUT2D eigenvalue weighted by atomic mass is 9.41. The van der Waals surface area contributed by atoms with E-state index in [4.69, 9.17) is 0 Å². The molecule has 0 spiro atoms. The van der Waals surface area contributed by atoms with E-state index in [0.717, 1.165) is 77.0 Å². The predicted molar refractivity (Wildman–Crippen MR) is 225 cm³/mol. The molecule has 0 aliphatic heterocycles. The van der Waals surface area contributed by atoms with Crippen LogP contribution in [0.25, 0.3) is 0 Å². The van der Waals surface area contributed by atoms with Crippen molar-refractivity contribution in [2.75, 3.05) is 13.1 Å². The van der Waals surface area contributed by atoms with Crippen LogP contribution in [-0.2, 0) is 9.59 Å². The van der Waals surface area contributed by atoms with Gasteiger partial charge in [-0.1, -0.05) is 102 Å². The zero-order chi connectivity index (χ0) is 39.0. The first-order chi connectivity index (χ1) is 26.1. The molecular formula is C48H78N2O4. The third-order valence-electron chi connectivity index (χ3n) is 14.7. The van der Waals surface area contributed by atoms with Crippen molar-refractivity contribution in [2.24, 2.45) is 52.3 Å². The first kappa shape index (κ1) is 44.3. The standard InChI is InChI=1S/C48H78N2O4/c1-6-8-9-10-11-12-13-14-15-16-17-18-19-20-21-22-23-24-43(52)49-33-34-50-44(53)28-25-36(3)39-26-27-40-45-41(30-32-47(39,40)4)48(5)31-29-37(51)35-42(48)38(7-2)46(45)54/h8-9,11-12,14-15,17-18,20-21,36-42,45-46,51,54H,6-7,10,13,16,19,22-35H2,1-5H3,(H,49,52)(H,50,53)/t36-,37-,38-,39?,40+,41+,42+,45+,46-,47-,48-/m1/s1. The molecule has 4 aliphatic rings. The van der Waals surface area contributed by atoms with Crippen LogP contribution < -0.4 is 10.6 Å². The summed E-state index contributed by atoms with van der Waals surface area (Å²) in [6.07, 6.45) is 38.7. The fourth-order valence-corrected chi connectivity index (χ4v) is 11.8. The highest BCUT2D eigenvalue weighted by atomic mass is 16.3. The molecule has 54 heavy (non-hydrogen) atoms. The number of fused-ring (bicyclic) bond motifs is 5. The molecule has 4 N–H and O–H groups in total. The second-order valence-electron chi connectivity index (χ2n) is 17.9. The summed E-state index contributed by atoms with van der Waals surface area (Å²) in [6, 6.07) is 0. The van der Waals surface area contributed by atoms with Crippen LogP contribution in [-0.4, -0.2) is 47.3 Å². The number of carbonyl (C=O) groups excluding carboxylic acids is 2. The number of aliphatic hydroxyl groups is 2. The second kappa shape index (κ2) is 22.3. The minimum atomic E-state index is -0.266. The Morgan fingerprint density at radius 2 is 1.26 bits per heavy atom. The molecule has 0 radical (unpaired) electrons. The molecule has 4 rings (SSSR count). The number of aliphatic hydroxyl groups excluding tert-OH is 2. The van der Waals surface area contributed by atoms with Gasteiger partial charge in [0.1, 0.15) is 0 Å². The Kier molecular flexibility index (Phi) is 18.3. The van der Waals surface area contributed by atoms with Crippen molar-refractivity contribution in [3.63, 3.8) is 0 Å². The van der Waals surface area contributed by atoms with Gasteiger partial charge < -0.3 is 20.8 Å². The van der Waals surface area contributed by atoms with Gasteiger partial charge in [-0.15, -0.1) is 0 Å². The summed E-state index contributed by atoms with van der Waals surface area (Å²) >= 11 is 0. The van der Waals surface area contributed by atoms with Gasteiger partial charge in [-0.3, -0.25) is 9.59 Å². The smallest absolute Gasteiger partial charge is 0.220 e. The Morgan fingerprint density at radius 3 is 1.87 bits per heavy atom. The number of rotatable bonds is 21. The van der Waals surface area contributed by atoms with Crippen molar-refractivity contribution >= 4 is 11.8 Å². The summed E-state index contributed by atoms with van der Waals surface area (Å²) in [5.74, 6) is 3.32. The van der Waals surface area contributed by atoms with E-state index in [0.29, 0.717) is 61.4 Å². The minimum Gasteiger partial charge on any atom is -0.393 e. The van der Waals surface area contributed by atoms with Gasteiger partial charge in [0.05, 0.1) is 12.2 Å². The number of nitrogens with one attached hydrogen (secondary N) is 2. The lowest BCUT2D eigenvalue weighted by Gasteiger charge is -2.64. The molecule has 11 atom stereocenters. The molecule has 1 unspecified atom stereocenters. The van der Waals surface area contributed by atoms with Gasteiger partial charge in [0.25, 0.3) is 0 Å². The molecule has 6 nitrogen and oxygen atoms in total. The zero-order valence-electron chi connectivity index (χ0n) is 34.8. The van der Waals surface area contributed by atoms with Crippen LogP contribution in [0.1, 0.15) is 150 Å². The van der Waals surface area contributed by atoms with Crippen molar-refractivity contribution in [2.45, 2.75) is 162 Å². The quantitative estimate of drug-likeness (QED) is 0.0694. The molecule has 0 aromatic heterocycles. The summed E-state index contributed by atoms with van der Waals surface area (Å²) < 4.78 is 0. The van der Waals surface area contributed by atoms with Crippen molar-refractivity contribution in [1.29, 1.82) is 0 Å². The molecule has 4 aliphatic carbocycles. The maximum atomic E-state index is 12.8. The van der Waals surface area contributed by atoms with E-state index < -0.39 is 0 Å². The number of carbonyl (C=O) groups is 2. The van der Waals surface area contributed by atoms with Crippen LogP contribution in [0, 0.1) is 52.3 Å². The molecule has 6 heteroatoms. The molecular weight excluding hydrogens is 669 g/mol. The van der Waals surface area contributed by atoms with E-state index in [-0.39, 0.29) is 40.8 Å². The average Bonchev–Trinajstić information content (AvgIpc) is 3.51. The Bertz CT molecular complexity index is 1300. The molecule has 2 amide bonds. The van der Waals surface area contributed by atoms with Crippen LogP contribution in [0.15, 0.2) is 60.8 Å². The zero-order valence-corrected chi connectivity index (χ0v) is 34.8. The highest BCUT2D eigenvalue weighted by molar-refractivity contribution is 5.77. The predicted octanol–water partition coefficient (Wildman–Crippen LogP) is 10.2. The van der Waals surface area contributed by atoms with E-state index in [1.165, 1.54) is 25.7 Å². The highest BCUT2D eigenvalue weighted by Gasteiger charge is 2.64. The monoisotopic (exact) mass is 747 g/mol. The van der Waals surface area contributed by atoms with Crippen LogP contribution in [0.3, 0.4) is 0 Å². The molecule has 0 heterocycles. The molecule has 0 bridgehead atoms. The fourth-order valence-electron chi connectivity index (χ4n) is 11.8. The molecule has 0 saturated heterocycles. The Morgan fingerprint density at radius 1 is 0.704 bits per heavy atom. The molecule has 0 aromatic rings. The number of amides is 2. The highest BCUT2D eigenvalue weighted by Crippen LogP contribution is 2.69. The van der Waals surface area contributed by atoms with Gasteiger partial charge in [0, 0.05) is 25.9 Å².